The van der Waals surface area contributed by atoms with Crippen molar-refractivity contribution in [2.75, 3.05) is 6.61 Å². The molecule has 0 spiro atoms. The molecule has 0 amide bonds. The number of nitrogens with two attached hydrogens (primary N) is 1. The van der Waals surface area contributed by atoms with Gasteiger partial charge in [0, 0.05) is 6.04 Å². The standard InChI is InChI=1S/C9H13NO2.C2H6/c10-8(6-11)5-7-1-3-9(12)4-2-7;1-2/h1-4,8,11-12H,5-6,10H2;1-2H3. The fraction of sp³-hybridized carbons (Fsp3) is 0.455. The summed E-state index contributed by atoms with van der Waals surface area (Å²) in [6, 6.07) is 6.60. The van der Waals surface area contributed by atoms with Gasteiger partial charge in [0.1, 0.15) is 5.75 Å². The van der Waals surface area contributed by atoms with Crippen molar-refractivity contribution >= 4 is 0 Å². The molecular formula is C11H19NO2. The lowest BCUT2D eigenvalue weighted by Crippen LogP contribution is -2.26. The van der Waals surface area contributed by atoms with Crippen molar-refractivity contribution in [2.45, 2.75) is 26.3 Å². The highest BCUT2D eigenvalue weighted by atomic mass is 16.3. The minimum Gasteiger partial charge on any atom is -0.508 e. The molecule has 0 bridgehead atoms. The number of phenols is 1. The SMILES string of the molecule is CC.NC(CO)Cc1ccc(O)cc1. The first kappa shape index (κ1) is 12.9. The van der Waals surface area contributed by atoms with E-state index in [1.807, 2.05) is 13.8 Å². The molecule has 0 aliphatic carbocycles. The molecule has 3 heteroatoms. The van der Waals surface area contributed by atoms with Gasteiger partial charge in [-0.1, -0.05) is 26.0 Å². The molecule has 4 N–H and O–H groups in total. The van der Waals surface area contributed by atoms with Crippen LogP contribution in [-0.2, 0) is 6.42 Å². The van der Waals surface area contributed by atoms with Crippen molar-refractivity contribution in [3.8, 4) is 5.75 Å². The molecule has 3 nitrogen and oxygen atoms in total. The van der Waals surface area contributed by atoms with Crippen LogP contribution >= 0.6 is 0 Å². The Balaban J connectivity index is 0.000000791. The maximum Gasteiger partial charge on any atom is 0.115 e. The predicted molar refractivity (Wildman–Crippen MR) is 58.2 cm³/mol. The smallest absolute Gasteiger partial charge is 0.115 e. The zero-order valence-electron chi connectivity index (χ0n) is 8.77. The number of benzene rings is 1. The van der Waals surface area contributed by atoms with Gasteiger partial charge in [-0.25, -0.2) is 0 Å². The summed E-state index contributed by atoms with van der Waals surface area (Å²) in [5.41, 5.74) is 6.55. The monoisotopic (exact) mass is 197 g/mol. The summed E-state index contributed by atoms with van der Waals surface area (Å²) in [5, 5.41) is 17.6. The molecule has 1 unspecified atom stereocenters. The molecule has 1 atom stereocenters. The van der Waals surface area contributed by atoms with Crippen LogP contribution in [-0.4, -0.2) is 22.9 Å². The number of aliphatic hydroxyl groups is 1. The van der Waals surface area contributed by atoms with E-state index in [0.29, 0.717) is 6.42 Å². The van der Waals surface area contributed by atoms with Crippen molar-refractivity contribution < 1.29 is 10.2 Å². The largest absolute Gasteiger partial charge is 0.508 e. The molecule has 0 saturated heterocycles. The first-order chi connectivity index (χ1) is 6.72. The van der Waals surface area contributed by atoms with Crippen LogP contribution < -0.4 is 5.73 Å². The fourth-order valence-corrected chi connectivity index (χ4v) is 0.999. The van der Waals surface area contributed by atoms with Crippen LogP contribution in [0.25, 0.3) is 0 Å². The molecule has 0 aromatic heterocycles. The second-order valence-corrected chi connectivity index (χ2v) is 2.81. The van der Waals surface area contributed by atoms with E-state index in [1.54, 1.807) is 24.3 Å². The van der Waals surface area contributed by atoms with E-state index < -0.39 is 0 Å². The molecule has 0 saturated carbocycles. The summed E-state index contributed by atoms with van der Waals surface area (Å²) in [7, 11) is 0. The average molecular weight is 197 g/mol. The summed E-state index contributed by atoms with van der Waals surface area (Å²) in [6.45, 7) is 3.99. The van der Waals surface area contributed by atoms with Gasteiger partial charge in [0.05, 0.1) is 6.61 Å². The molecule has 1 rings (SSSR count). The lowest BCUT2D eigenvalue weighted by Gasteiger charge is -2.07. The molecule has 14 heavy (non-hydrogen) atoms. The Morgan fingerprint density at radius 1 is 1.21 bits per heavy atom. The highest BCUT2D eigenvalue weighted by Gasteiger charge is 2.01. The Kier molecular flexibility index (Phi) is 6.80. The third-order valence-electron chi connectivity index (χ3n) is 1.67. The van der Waals surface area contributed by atoms with E-state index >= 15 is 0 Å². The molecule has 0 fully saturated rings. The minimum atomic E-state index is -0.213. The lowest BCUT2D eigenvalue weighted by molar-refractivity contribution is 0.265. The van der Waals surface area contributed by atoms with E-state index in [-0.39, 0.29) is 18.4 Å². The molecule has 1 aromatic carbocycles. The van der Waals surface area contributed by atoms with Crippen LogP contribution in [0, 0.1) is 0 Å². The Labute approximate surface area is 85.2 Å². The zero-order valence-corrected chi connectivity index (χ0v) is 8.77. The summed E-state index contributed by atoms with van der Waals surface area (Å²) in [4.78, 5) is 0. The Morgan fingerprint density at radius 2 is 1.71 bits per heavy atom. The molecule has 0 aliphatic heterocycles. The summed E-state index contributed by atoms with van der Waals surface area (Å²) < 4.78 is 0. The predicted octanol–water partition coefficient (Wildman–Crippen LogP) is 1.28. The van der Waals surface area contributed by atoms with E-state index in [1.165, 1.54) is 0 Å². The van der Waals surface area contributed by atoms with Crippen LogP contribution in [0.2, 0.25) is 0 Å². The van der Waals surface area contributed by atoms with Crippen LogP contribution in [0.5, 0.6) is 5.75 Å². The Morgan fingerprint density at radius 3 is 2.14 bits per heavy atom. The Hall–Kier alpha value is -1.06. The number of hydrogen-bond donors (Lipinski definition) is 3. The molecule has 1 aromatic rings. The van der Waals surface area contributed by atoms with Crippen LogP contribution in [0.1, 0.15) is 19.4 Å². The first-order valence-electron chi connectivity index (χ1n) is 4.86. The van der Waals surface area contributed by atoms with Crippen molar-refractivity contribution in [1.82, 2.24) is 0 Å². The maximum atomic E-state index is 8.97. The van der Waals surface area contributed by atoms with Gasteiger partial charge in [-0.15, -0.1) is 0 Å². The van der Waals surface area contributed by atoms with Crippen LogP contribution in [0.4, 0.5) is 0 Å². The van der Waals surface area contributed by atoms with Crippen molar-refractivity contribution in [1.29, 1.82) is 0 Å². The number of hydrogen-bond acceptors (Lipinski definition) is 3. The van der Waals surface area contributed by atoms with Crippen LogP contribution in [0.3, 0.4) is 0 Å². The fourth-order valence-electron chi connectivity index (χ4n) is 0.999. The number of rotatable bonds is 3. The van der Waals surface area contributed by atoms with Gasteiger partial charge in [0.2, 0.25) is 0 Å². The minimum absolute atomic E-state index is 0.0130. The van der Waals surface area contributed by atoms with E-state index in [4.69, 9.17) is 15.9 Å². The molecule has 0 heterocycles. The van der Waals surface area contributed by atoms with E-state index in [9.17, 15) is 0 Å². The van der Waals surface area contributed by atoms with Gasteiger partial charge >= 0.3 is 0 Å². The van der Waals surface area contributed by atoms with Gasteiger partial charge in [0.15, 0.2) is 0 Å². The maximum absolute atomic E-state index is 8.97. The van der Waals surface area contributed by atoms with Gasteiger partial charge in [-0.2, -0.15) is 0 Å². The average Bonchev–Trinajstić information content (AvgIpc) is 2.24. The summed E-state index contributed by atoms with van der Waals surface area (Å²) in [5.74, 6) is 0.247. The van der Waals surface area contributed by atoms with Crippen molar-refractivity contribution in [2.24, 2.45) is 5.73 Å². The third kappa shape index (κ3) is 4.84. The molecule has 0 radical (unpaired) electrons. The summed E-state index contributed by atoms with van der Waals surface area (Å²) >= 11 is 0. The highest BCUT2D eigenvalue weighted by Crippen LogP contribution is 2.10. The lowest BCUT2D eigenvalue weighted by atomic mass is 10.1. The number of aromatic hydroxyl groups is 1. The molecular weight excluding hydrogens is 178 g/mol. The van der Waals surface area contributed by atoms with Gasteiger partial charge < -0.3 is 15.9 Å². The van der Waals surface area contributed by atoms with Gasteiger partial charge in [0.25, 0.3) is 0 Å². The molecule has 0 aliphatic rings. The van der Waals surface area contributed by atoms with Gasteiger partial charge in [-0.05, 0) is 24.1 Å². The topological polar surface area (TPSA) is 66.5 Å². The Bertz CT molecular complexity index is 234. The third-order valence-corrected chi connectivity index (χ3v) is 1.67. The number of aliphatic hydroxyl groups excluding tert-OH is 1. The normalized spacial score (nSPS) is 11.4. The summed E-state index contributed by atoms with van der Waals surface area (Å²) in [6.07, 6.45) is 0.636. The quantitative estimate of drug-likeness (QED) is 0.684. The number of phenolic OH excluding ortho intramolecular Hbond substituents is 1. The van der Waals surface area contributed by atoms with Crippen molar-refractivity contribution in [3.63, 3.8) is 0 Å². The first-order valence-corrected chi connectivity index (χ1v) is 4.86. The van der Waals surface area contributed by atoms with Gasteiger partial charge in [-0.3, -0.25) is 0 Å². The van der Waals surface area contributed by atoms with E-state index in [2.05, 4.69) is 0 Å². The second-order valence-electron chi connectivity index (χ2n) is 2.81. The van der Waals surface area contributed by atoms with E-state index in [0.717, 1.165) is 5.56 Å². The second kappa shape index (κ2) is 7.35. The highest BCUT2D eigenvalue weighted by molar-refractivity contribution is 5.26. The van der Waals surface area contributed by atoms with Crippen molar-refractivity contribution in [3.05, 3.63) is 29.8 Å². The molecule has 80 valence electrons. The zero-order chi connectivity index (χ0) is 11.0. The van der Waals surface area contributed by atoms with Crippen LogP contribution in [0.15, 0.2) is 24.3 Å².